The summed E-state index contributed by atoms with van der Waals surface area (Å²) in [4.78, 5) is 4.23. The van der Waals surface area contributed by atoms with Crippen LogP contribution in [0.3, 0.4) is 0 Å². The average Bonchev–Trinajstić information content (AvgIpc) is 3.27. The van der Waals surface area contributed by atoms with Crippen molar-refractivity contribution in [3.63, 3.8) is 0 Å². The molecule has 0 aliphatic carbocycles. The molecule has 0 N–H and O–H groups in total. The number of thiophene rings is 1. The summed E-state index contributed by atoms with van der Waals surface area (Å²) in [6.45, 7) is 12.2. The van der Waals surface area contributed by atoms with Crippen LogP contribution in [0, 0.1) is 34.6 Å². The number of nitrogens with zero attached hydrogens (tertiary/aromatic N) is 3. The molecule has 0 amide bonds. The Labute approximate surface area is 182 Å². The van der Waals surface area contributed by atoms with Gasteiger partial charge in [-0.15, -0.1) is 11.3 Å². The van der Waals surface area contributed by atoms with E-state index in [2.05, 4.69) is 42.1 Å². The molecule has 1 aliphatic heterocycles. The number of rotatable bonds is 4. The molecule has 0 radical (unpaired) electrons. The second-order valence-electron chi connectivity index (χ2n) is 7.86. The highest BCUT2D eigenvalue weighted by atomic mass is 32.2. The number of piperazine rings is 1. The highest BCUT2D eigenvalue weighted by Crippen LogP contribution is 2.37. The molecule has 6 nitrogen and oxygen atoms in total. The molecule has 0 saturated carbocycles. The Morgan fingerprint density at radius 3 is 2.33 bits per heavy atom. The molecular formula is C22H27N3O3S2. The van der Waals surface area contributed by atoms with E-state index in [1.54, 1.807) is 10.4 Å². The van der Waals surface area contributed by atoms with Crippen molar-refractivity contribution >= 4 is 27.0 Å². The van der Waals surface area contributed by atoms with Gasteiger partial charge in [0.1, 0.15) is 0 Å². The molecule has 2 aromatic heterocycles. The molecule has 1 fully saturated rings. The zero-order valence-corrected chi connectivity index (χ0v) is 19.7. The van der Waals surface area contributed by atoms with Crippen LogP contribution >= 0.6 is 11.3 Å². The predicted octanol–water partition coefficient (Wildman–Crippen LogP) is 4.46. The highest BCUT2D eigenvalue weighted by molar-refractivity contribution is 7.89. The van der Waals surface area contributed by atoms with Crippen LogP contribution in [0.15, 0.2) is 33.7 Å². The molecule has 1 aliphatic rings. The summed E-state index contributed by atoms with van der Waals surface area (Å²) in [7, 11) is -3.55. The molecule has 0 atom stereocenters. The number of anilines is 1. The number of aryl methyl sites for hydroxylation is 3. The third-order valence-corrected chi connectivity index (χ3v) is 9.23. The molecule has 3 aromatic rings. The van der Waals surface area contributed by atoms with Gasteiger partial charge in [-0.2, -0.15) is 4.31 Å². The standard InChI is InChI=1S/C22H27N3O3S2/c1-14-7-6-8-19(15(14)2)24-9-11-25(12-10-24)30(26,27)21-13-20(29-18(21)5)22-16(3)17(4)23-28-22/h6-8,13H,9-12H2,1-5H3. The van der Waals surface area contributed by atoms with Crippen LogP contribution in [0.25, 0.3) is 10.6 Å². The fourth-order valence-electron chi connectivity index (χ4n) is 3.87. The van der Waals surface area contributed by atoms with E-state index in [0.717, 1.165) is 21.0 Å². The lowest BCUT2D eigenvalue weighted by molar-refractivity contribution is 0.384. The Morgan fingerprint density at radius 1 is 1.00 bits per heavy atom. The Morgan fingerprint density at radius 2 is 1.70 bits per heavy atom. The maximum absolute atomic E-state index is 13.4. The van der Waals surface area contributed by atoms with Crippen molar-refractivity contribution in [1.82, 2.24) is 9.46 Å². The Kier molecular flexibility index (Phi) is 5.50. The molecule has 3 heterocycles. The summed E-state index contributed by atoms with van der Waals surface area (Å²) in [5, 5.41) is 4.00. The predicted molar refractivity (Wildman–Crippen MR) is 121 cm³/mol. The lowest BCUT2D eigenvalue weighted by Crippen LogP contribution is -2.48. The summed E-state index contributed by atoms with van der Waals surface area (Å²) in [5.41, 5.74) is 5.47. The first-order valence-corrected chi connectivity index (χ1v) is 12.3. The van der Waals surface area contributed by atoms with Crippen molar-refractivity contribution in [3.05, 3.63) is 51.5 Å². The summed E-state index contributed by atoms with van der Waals surface area (Å²) >= 11 is 1.44. The third-order valence-electron chi connectivity index (χ3n) is 6.03. The van der Waals surface area contributed by atoms with Crippen LogP contribution in [0.1, 0.15) is 27.3 Å². The largest absolute Gasteiger partial charge is 0.369 e. The summed E-state index contributed by atoms with van der Waals surface area (Å²) in [6, 6.07) is 8.02. The van der Waals surface area contributed by atoms with Crippen molar-refractivity contribution < 1.29 is 12.9 Å². The van der Waals surface area contributed by atoms with Gasteiger partial charge in [-0.05, 0) is 57.9 Å². The monoisotopic (exact) mass is 445 g/mol. The molecule has 0 spiro atoms. The van der Waals surface area contributed by atoms with E-state index in [4.69, 9.17) is 4.52 Å². The number of hydrogen-bond acceptors (Lipinski definition) is 6. The second kappa shape index (κ2) is 7.83. The van der Waals surface area contributed by atoms with Gasteiger partial charge in [0.2, 0.25) is 10.0 Å². The molecule has 160 valence electrons. The summed E-state index contributed by atoms with van der Waals surface area (Å²) in [6.07, 6.45) is 0. The first-order chi connectivity index (χ1) is 14.2. The summed E-state index contributed by atoms with van der Waals surface area (Å²) in [5.74, 6) is 0.654. The molecule has 0 bridgehead atoms. The minimum absolute atomic E-state index is 0.371. The SMILES string of the molecule is Cc1cccc(N2CCN(S(=O)(=O)c3cc(-c4onc(C)c4C)sc3C)CC2)c1C. The van der Waals surface area contributed by atoms with Crippen LogP contribution in [0.2, 0.25) is 0 Å². The van der Waals surface area contributed by atoms with E-state index in [1.165, 1.54) is 28.2 Å². The Balaban J connectivity index is 1.55. The maximum Gasteiger partial charge on any atom is 0.244 e. The van der Waals surface area contributed by atoms with Gasteiger partial charge in [0.15, 0.2) is 5.76 Å². The minimum atomic E-state index is -3.55. The van der Waals surface area contributed by atoms with Crippen molar-refractivity contribution in [2.45, 2.75) is 39.5 Å². The first kappa shape index (κ1) is 21.1. The van der Waals surface area contributed by atoms with Crippen molar-refractivity contribution in [1.29, 1.82) is 0 Å². The maximum atomic E-state index is 13.4. The molecule has 1 saturated heterocycles. The van der Waals surface area contributed by atoms with E-state index < -0.39 is 10.0 Å². The van der Waals surface area contributed by atoms with E-state index in [-0.39, 0.29) is 0 Å². The van der Waals surface area contributed by atoms with Crippen LogP contribution in [-0.4, -0.2) is 44.1 Å². The van der Waals surface area contributed by atoms with E-state index in [9.17, 15) is 8.42 Å². The summed E-state index contributed by atoms with van der Waals surface area (Å²) < 4.78 is 33.8. The van der Waals surface area contributed by atoms with Crippen molar-refractivity contribution in [3.8, 4) is 10.6 Å². The zero-order valence-electron chi connectivity index (χ0n) is 18.0. The number of sulfonamides is 1. The van der Waals surface area contributed by atoms with Crippen LogP contribution in [0.4, 0.5) is 5.69 Å². The quantitative estimate of drug-likeness (QED) is 0.593. The van der Waals surface area contributed by atoms with E-state index in [1.807, 2.05) is 20.8 Å². The first-order valence-electron chi connectivity index (χ1n) is 10.0. The molecule has 0 unspecified atom stereocenters. The minimum Gasteiger partial charge on any atom is -0.369 e. The molecule has 8 heteroatoms. The smallest absolute Gasteiger partial charge is 0.244 e. The van der Waals surface area contributed by atoms with Crippen LogP contribution < -0.4 is 4.90 Å². The second-order valence-corrected chi connectivity index (χ2v) is 11.0. The van der Waals surface area contributed by atoms with Gasteiger partial charge in [0.25, 0.3) is 0 Å². The lowest BCUT2D eigenvalue weighted by atomic mass is 10.1. The molecule has 30 heavy (non-hydrogen) atoms. The van der Waals surface area contributed by atoms with Crippen LogP contribution in [-0.2, 0) is 10.0 Å². The number of hydrogen-bond donors (Lipinski definition) is 0. The van der Waals surface area contributed by atoms with Crippen molar-refractivity contribution in [2.75, 3.05) is 31.1 Å². The van der Waals surface area contributed by atoms with Gasteiger partial charge in [0.05, 0.1) is 15.5 Å². The normalized spacial score (nSPS) is 15.7. The average molecular weight is 446 g/mol. The highest BCUT2D eigenvalue weighted by Gasteiger charge is 2.32. The van der Waals surface area contributed by atoms with Gasteiger partial charge >= 0.3 is 0 Å². The third kappa shape index (κ3) is 3.57. The lowest BCUT2D eigenvalue weighted by Gasteiger charge is -2.36. The van der Waals surface area contributed by atoms with Gasteiger partial charge in [-0.1, -0.05) is 17.3 Å². The number of aromatic nitrogens is 1. The van der Waals surface area contributed by atoms with E-state index in [0.29, 0.717) is 36.8 Å². The van der Waals surface area contributed by atoms with Gasteiger partial charge in [-0.25, -0.2) is 8.42 Å². The van der Waals surface area contributed by atoms with Crippen molar-refractivity contribution in [2.24, 2.45) is 0 Å². The van der Waals surface area contributed by atoms with Gasteiger partial charge in [-0.3, -0.25) is 0 Å². The van der Waals surface area contributed by atoms with Crippen LogP contribution in [0.5, 0.6) is 0 Å². The van der Waals surface area contributed by atoms with Gasteiger partial charge < -0.3 is 9.42 Å². The fourth-order valence-corrected chi connectivity index (χ4v) is 6.88. The molecule has 4 rings (SSSR count). The number of benzene rings is 1. The topological polar surface area (TPSA) is 66.7 Å². The molecule has 1 aromatic carbocycles. The van der Waals surface area contributed by atoms with E-state index >= 15 is 0 Å². The fraction of sp³-hybridized carbons (Fsp3) is 0.409. The zero-order chi connectivity index (χ0) is 21.6. The van der Waals surface area contributed by atoms with Gasteiger partial charge in [0, 0.05) is 42.3 Å². The Hall–Kier alpha value is -2.16. The molecular weight excluding hydrogens is 418 g/mol. The Bertz CT molecular complexity index is 1190.